The quantitative estimate of drug-likeness (QED) is 0.350. The molecule has 0 aliphatic carbocycles. The minimum Gasteiger partial charge on any atom is -0.484 e. The van der Waals surface area contributed by atoms with Crippen LogP contribution >= 0.6 is 0 Å². The number of halogens is 2. The molecule has 0 spiro atoms. The molecule has 0 bridgehead atoms. The van der Waals surface area contributed by atoms with E-state index in [1.165, 1.54) is 7.11 Å². The lowest BCUT2D eigenvalue weighted by Gasteiger charge is -2.18. The Balaban J connectivity index is 1.73. The molecule has 0 unspecified atom stereocenters. The molecule has 166 valence electrons. The predicted octanol–water partition coefficient (Wildman–Crippen LogP) is 3.23. The molecule has 1 atom stereocenters. The molecule has 3 aromatic rings. The summed E-state index contributed by atoms with van der Waals surface area (Å²) < 4.78 is 40.1. The number of methoxy groups -OCH3 is 1. The molecule has 32 heavy (non-hydrogen) atoms. The largest absolute Gasteiger partial charge is 0.484 e. The topological polar surface area (TPSA) is 110 Å². The number of carbonyl (C=O) groups is 1. The van der Waals surface area contributed by atoms with Crippen LogP contribution in [0.25, 0.3) is 0 Å². The van der Waals surface area contributed by atoms with Gasteiger partial charge < -0.3 is 20.5 Å². The summed E-state index contributed by atoms with van der Waals surface area (Å²) in [5.74, 6) is -2.96. The molecule has 0 saturated heterocycles. The van der Waals surface area contributed by atoms with Gasteiger partial charge in [-0.05, 0) is 29.8 Å². The van der Waals surface area contributed by atoms with Crippen LogP contribution in [0.15, 0.2) is 60.8 Å². The van der Waals surface area contributed by atoms with Gasteiger partial charge in [-0.25, -0.2) is 8.78 Å². The Morgan fingerprint density at radius 3 is 2.53 bits per heavy atom. The van der Waals surface area contributed by atoms with Gasteiger partial charge in [-0.2, -0.15) is 0 Å². The predicted molar refractivity (Wildman–Crippen MR) is 114 cm³/mol. The van der Waals surface area contributed by atoms with Gasteiger partial charge in [0.05, 0.1) is 11.3 Å². The van der Waals surface area contributed by atoms with Gasteiger partial charge >= 0.3 is 0 Å². The first-order valence-electron chi connectivity index (χ1n) is 9.65. The van der Waals surface area contributed by atoms with E-state index in [-0.39, 0.29) is 24.7 Å². The van der Waals surface area contributed by atoms with Crippen molar-refractivity contribution < 1.29 is 23.0 Å². The average molecular weight is 440 g/mol. The number of nitrogens with zero attached hydrogens (tertiary/aromatic N) is 1. The molecule has 0 aliphatic heterocycles. The van der Waals surface area contributed by atoms with Crippen molar-refractivity contribution in [3.63, 3.8) is 0 Å². The molecule has 0 fully saturated rings. The Morgan fingerprint density at radius 1 is 1.16 bits per heavy atom. The summed E-state index contributed by atoms with van der Waals surface area (Å²) in [6.45, 7) is 0.0684. The normalized spacial score (nSPS) is 11.6. The van der Waals surface area contributed by atoms with Crippen molar-refractivity contribution in [1.82, 2.24) is 10.3 Å². The molecule has 0 radical (unpaired) electrons. The fraction of sp³-hybridized carbons (Fsp3) is 0.174. The van der Waals surface area contributed by atoms with Crippen molar-refractivity contribution in [3.05, 3.63) is 94.8 Å². The van der Waals surface area contributed by atoms with Gasteiger partial charge in [0, 0.05) is 25.4 Å². The number of hydrogen-bond donors (Lipinski definition) is 3. The lowest BCUT2D eigenvalue weighted by Crippen LogP contribution is -2.31. The Labute approximate surface area is 183 Å². The van der Waals surface area contributed by atoms with Gasteiger partial charge in [0.25, 0.3) is 5.91 Å². The van der Waals surface area contributed by atoms with E-state index in [9.17, 15) is 9.18 Å². The number of rotatable bonds is 9. The summed E-state index contributed by atoms with van der Waals surface area (Å²) in [6.07, 6.45) is 0.0503. The molecule has 7 nitrogen and oxygen atoms in total. The molecule has 1 amide bonds. The number of carbonyl (C=O) groups excluding carboxylic acids is 1. The van der Waals surface area contributed by atoms with Crippen LogP contribution < -0.4 is 15.8 Å². The zero-order valence-corrected chi connectivity index (χ0v) is 17.3. The number of nitrogen functional groups attached to an aromatic ring is 1. The first-order chi connectivity index (χ1) is 15.4. The van der Waals surface area contributed by atoms with E-state index in [0.29, 0.717) is 16.8 Å². The van der Waals surface area contributed by atoms with Gasteiger partial charge in [-0.3, -0.25) is 15.2 Å². The fourth-order valence-corrected chi connectivity index (χ4v) is 2.98. The number of nitrogens with one attached hydrogen (secondary N) is 2. The maximum Gasteiger partial charge on any atom is 0.254 e. The second-order valence-electron chi connectivity index (χ2n) is 6.83. The number of amides is 1. The molecule has 3 rings (SSSR count). The zero-order valence-electron chi connectivity index (χ0n) is 17.3. The van der Waals surface area contributed by atoms with Crippen LogP contribution in [0.5, 0.6) is 5.75 Å². The molecule has 0 saturated carbocycles. The number of benzene rings is 2. The third-order valence-corrected chi connectivity index (χ3v) is 4.66. The van der Waals surface area contributed by atoms with Crippen LogP contribution in [0.2, 0.25) is 0 Å². The van der Waals surface area contributed by atoms with Crippen molar-refractivity contribution in [2.24, 2.45) is 5.73 Å². The van der Waals surface area contributed by atoms with Crippen molar-refractivity contribution >= 4 is 11.7 Å². The number of nitrogens with two attached hydrogens (primary N) is 1. The maximum absolute atomic E-state index is 15.0. The summed E-state index contributed by atoms with van der Waals surface area (Å²) in [4.78, 5) is 16.7. The minimum absolute atomic E-state index is 0.0249. The Hall–Kier alpha value is -3.85. The monoisotopic (exact) mass is 440 g/mol. The molecular weight excluding hydrogens is 418 g/mol. The van der Waals surface area contributed by atoms with E-state index < -0.39 is 29.2 Å². The summed E-state index contributed by atoms with van der Waals surface area (Å²) in [6, 6.07) is 14.0. The minimum atomic E-state index is -1.52. The van der Waals surface area contributed by atoms with E-state index >= 15 is 4.39 Å². The van der Waals surface area contributed by atoms with Crippen LogP contribution in [0.3, 0.4) is 0 Å². The van der Waals surface area contributed by atoms with Gasteiger partial charge in [-0.1, -0.05) is 30.3 Å². The Kier molecular flexibility index (Phi) is 7.45. The van der Waals surface area contributed by atoms with E-state index in [1.54, 1.807) is 48.7 Å². The SMILES string of the molecule is CO[C@H](C(=O)NCc1ccc(C(=N)N)cc1)c1c(F)ccc(OCc2ccccn2)c1F. The number of aromatic nitrogens is 1. The smallest absolute Gasteiger partial charge is 0.254 e. The number of hydrogen-bond acceptors (Lipinski definition) is 5. The Morgan fingerprint density at radius 2 is 1.91 bits per heavy atom. The van der Waals surface area contributed by atoms with Crippen LogP contribution in [0.4, 0.5) is 8.78 Å². The van der Waals surface area contributed by atoms with Crippen molar-refractivity contribution in [1.29, 1.82) is 5.41 Å². The first-order valence-corrected chi connectivity index (χ1v) is 9.65. The summed E-state index contributed by atoms with van der Waals surface area (Å²) in [7, 11) is 1.19. The highest BCUT2D eigenvalue weighted by molar-refractivity contribution is 5.94. The lowest BCUT2D eigenvalue weighted by atomic mass is 10.1. The summed E-state index contributed by atoms with van der Waals surface area (Å²) in [5, 5.41) is 9.99. The van der Waals surface area contributed by atoms with Crippen molar-refractivity contribution in [3.8, 4) is 5.75 Å². The first kappa shape index (κ1) is 22.8. The highest BCUT2D eigenvalue weighted by Crippen LogP contribution is 2.30. The highest BCUT2D eigenvalue weighted by atomic mass is 19.1. The lowest BCUT2D eigenvalue weighted by molar-refractivity contribution is -0.131. The van der Waals surface area contributed by atoms with Gasteiger partial charge in [0.2, 0.25) is 0 Å². The van der Waals surface area contributed by atoms with Crippen LogP contribution in [-0.2, 0) is 22.7 Å². The number of ether oxygens (including phenoxy) is 2. The van der Waals surface area contributed by atoms with E-state index in [4.69, 9.17) is 20.6 Å². The second-order valence-corrected chi connectivity index (χ2v) is 6.83. The molecule has 9 heteroatoms. The Bertz CT molecular complexity index is 1090. The van der Waals surface area contributed by atoms with Crippen molar-refractivity contribution in [2.75, 3.05) is 7.11 Å². The second kappa shape index (κ2) is 10.5. The van der Waals surface area contributed by atoms with E-state index in [1.807, 2.05) is 0 Å². The van der Waals surface area contributed by atoms with Crippen LogP contribution in [0, 0.1) is 17.0 Å². The molecule has 1 aromatic heterocycles. The van der Waals surface area contributed by atoms with E-state index in [2.05, 4.69) is 10.3 Å². The zero-order chi connectivity index (χ0) is 23.1. The molecular formula is C23H22F2N4O3. The molecule has 2 aromatic carbocycles. The molecule has 1 heterocycles. The fourth-order valence-electron chi connectivity index (χ4n) is 2.98. The third kappa shape index (κ3) is 5.44. The average Bonchev–Trinajstić information content (AvgIpc) is 2.80. The van der Waals surface area contributed by atoms with Crippen LogP contribution in [-0.4, -0.2) is 23.8 Å². The number of pyridine rings is 1. The highest BCUT2D eigenvalue weighted by Gasteiger charge is 2.29. The molecule has 0 aliphatic rings. The standard InChI is InChI=1S/C23H22F2N4O3/c1-31-21(23(30)29-12-14-5-7-15(8-6-14)22(26)27)19-17(24)9-10-18(20(19)25)32-13-16-4-2-3-11-28-16/h2-11,21H,12-13H2,1H3,(H3,26,27)(H,29,30)/t21-/m0/s1. The summed E-state index contributed by atoms with van der Waals surface area (Å²) in [5.41, 5.74) is 6.69. The maximum atomic E-state index is 15.0. The third-order valence-electron chi connectivity index (χ3n) is 4.66. The van der Waals surface area contributed by atoms with Gasteiger partial charge in [-0.15, -0.1) is 0 Å². The van der Waals surface area contributed by atoms with Crippen molar-refractivity contribution in [2.45, 2.75) is 19.3 Å². The summed E-state index contributed by atoms with van der Waals surface area (Å²) >= 11 is 0. The molecule has 4 N–H and O–H groups in total. The van der Waals surface area contributed by atoms with E-state index in [0.717, 1.165) is 12.1 Å². The van der Waals surface area contributed by atoms with Crippen LogP contribution in [0.1, 0.15) is 28.5 Å². The van der Waals surface area contributed by atoms with Gasteiger partial charge in [0.1, 0.15) is 18.3 Å². The van der Waals surface area contributed by atoms with Gasteiger partial charge in [0.15, 0.2) is 17.7 Å². The number of amidine groups is 1.